The largest absolute Gasteiger partial charge is 0.390 e. The average molecular weight is 1200 g/mol. The number of hydrogen-bond acceptors (Lipinski definition) is 9. The quantitative estimate of drug-likeness (QED) is 0.177. The van der Waals surface area contributed by atoms with Gasteiger partial charge in [0.05, 0.1) is 42.3 Å². The molecule has 3 heterocycles. The van der Waals surface area contributed by atoms with Crippen molar-refractivity contribution >= 4 is 17.3 Å². The van der Waals surface area contributed by atoms with Crippen molar-refractivity contribution < 1.29 is 34.1 Å². The molecular formula is C74H107FN6O6. The fourth-order valence-corrected chi connectivity index (χ4v) is 23.9. The second-order valence-corrected chi connectivity index (χ2v) is 33.3. The summed E-state index contributed by atoms with van der Waals surface area (Å²) >= 11 is 0. The molecule has 12 aliphatic carbocycles. The van der Waals surface area contributed by atoms with Crippen LogP contribution in [0.2, 0.25) is 0 Å². The Morgan fingerprint density at radius 3 is 1.52 bits per heavy atom. The Hall–Kier alpha value is -4.07. The molecular weight excluding hydrogens is 1090 g/mol. The molecule has 0 aliphatic heterocycles. The molecule has 12 nitrogen and oxygen atoms in total. The Morgan fingerprint density at radius 1 is 0.517 bits per heavy atom. The molecule has 0 spiro atoms. The normalized spacial score (nSPS) is 46.6. The van der Waals surface area contributed by atoms with Crippen LogP contribution in [-0.4, -0.2) is 78.8 Å². The fourth-order valence-electron chi connectivity index (χ4n) is 23.9. The molecule has 0 radical (unpaired) electrons. The first-order chi connectivity index (χ1) is 41.4. The Labute approximate surface area is 519 Å². The zero-order chi connectivity index (χ0) is 61.2. The number of hydrogen-bond donors (Lipinski definition) is 3. The summed E-state index contributed by atoms with van der Waals surface area (Å²) < 4.78 is 20.5. The van der Waals surface area contributed by atoms with Crippen LogP contribution in [0.4, 0.5) is 4.39 Å². The van der Waals surface area contributed by atoms with E-state index < -0.39 is 16.8 Å². The number of carbonyl (C=O) groups is 3. The van der Waals surface area contributed by atoms with Gasteiger partial charge in [0.1, 0.15) is 0 Å². The first-order valence-electron chi connectivity index (χ1n) is 35.1. The van der Waals surface area contributed by atoms with Gasteiger partial charge in [0, 0.05) is 61.4 Å². The van der Waals surface area contributed by atoms with E-state index in [-0.39, 0.29) is 39.8 Å². The van der Waals surface area contributed by atoms with Crippen molar-refractivity contribution in [2.75, 3.05) is 0 Å². The van der Waals surface area contributed by atoms with Crippen LogP contribution in [0.5, 0.6) is 0 Å². The lowest BCUT2D eigenvalue weighted by Gasteiger charge is -2.58. The number of rotatable bonds is 9. The van der Waals surface area contributed by atoms with E-state index in [1.54, 1.807) is 32.6 Å². The first-order valence-corrected chi connectivity index (χ1v) is 35.1. The van der Waals surface area contributed by atoms with Gasteiger partial charge in [-0.1, -0.05) is 46.3 Å². The molecule has 87 heavy (non-hydrogen) atoms. The average Bonchev–Trinajstić information content (AvgIpc) is 1.74. The topological polar surface area (TPSA) is 165 Å². The number of allylic oxidation sites excluding steroid dienone is 2. The maximum absolute atomic E-state index is 15.2. The fraction of sp³-hybridized carbons (Fsp3) is 0.784. The van der Waals surface area contributed by atoms with Gasteiger partial charge in [-0.15, -0.1) is 0 Å². The van der Waals surface area contributed by atoms with Crippen molar-refractivity contribution in [2.24, 2.45) is 123 Å². The predicted molar refractivity (Wildman–Crippen MR) is 334 cm³/mol. The number of halogens is 1. The Bertz CT molecular complexity index is 3040. The van der Waals surface area contributed by atoms with Crippen LogP contribution >= 0.6 is 0 Å². The second kappa shape index (κ2) is 23.2. The van der Waals surface area contributed by atoms with Crippen LogP contribution in [0.3, 0.4) is 0 Å². The zero-order valence-corrected chi connectivity index (χ0v) is 54.2. The molecule has 0 amide bonds. The van der Waals surface area contributed by atoms with E-state index in [0.29, 0.717) is 109 Å². The molecule has 476 valence electrons. The highest BCUT2D eigenvalue weighted by molar-refractivity contribution is 5.83. The van der Waals surface area contributed by atoms with Gasteiger partial charge in [0.2, 0.25) is 0 Å². The summed E-state index contributed by atoms with van der Waals surface area (Å²) in [5.74, 6) is 10.6. The number of carbonyl (C=O) groups excluding carboxylic acids is 3. The van der Waals surface area contributed by atoms with Crippen LogP contribution in [0.25, 0.3) is 0 Å². The minimum Gasteiger partial charge on any atom is -0.390 e. The highest BCUT2D eigenvalue weighted by Gasteiger charge is 2.62. The third-order valence-corrected chi connectivity index (χ3v) is 28.8. The number of aliphatic hydroxyl groups is 3. The lowest BCUT2D eigenvalue weighted by molar-refractivity contribution is -0.137. The highest BCUT2D eigenvalue weighted by Crippen LogP contribution is 2.68. The smallest absolute Gasteiger partial charge is 0.157 e. The number of ketones is 3. The van der Waals surface area contributed by atoms with Crippen LogP contribution < -0.4 is 0 Å². The molecule has 10 fully saturated rings. The van der Waals surface area contributed by atoms with Crippen molar-refractivity contribution in [1.82, 2.24) is 29.3 Å². The summed E-state index contributed by atoms with van der Waals surface area (Å²) in [5.41, 5.74) is 0.995. The van der Waals surface area contributed by atoms with E-state index in [4.69, 9.17) is 0 Å². The van der Waals surface area contributed by atoms with E-state index in [2.05, 4.69) is 62.9 Å². The van der Waals surface area contributed by atoms with Crippen molar-refractivity contribution in [2.45, 2.75) is 240 Å². The summed E-state index contributed by atoms with van der Waals surface area (Å²) in [6.45, 7) is 18.8. The molecule has 3 aromatic heterocycles. The Kier molecular flexibility index (Phi) is 16.5. The van der Waals surface area contributed by atoms with Gasteiger partial charge in [-0.05, 0) is 291 Å². The molecule has 13 heteroatoms. The summed E-state index contributed by atoms with van der Waals surface area (Å²) in [7, 11) is 0. The van der Waals surface area contributed by atoms with Crippen LogP contribution in [0.15, 0.2) is 78.4 Å². The van der Waals surface area contributed by atoms with E-state index in [1.165, 1.54) is 63.4 Å². The minimum atomic E-state index is -0.753. The van der Waals surface area contributed by atoms with Crippen molar-refractivity contribution in [3.05, 3.63) is 78.4 Å². The van der Waals surface area contributed by atoms with Gasteiger partial charge in [0.25, 0.3) is 0 Å². The minimum absolute atomic E-state index is 0.0106. The van der Waals surface area contributed by atoms with Crippen molar-refractivity contribution in [3.8, 4) is 0 Å². The van der Waals surface area contributed by atoms with Crippen molar-refractivity contribution in [1.29, 1.82) is 0 Å². The molecule has 15 rings (SSSR count). The Balaban J connectivity index is 0.000000121. The molecule has 24 atom stereocenters. The maximum atomic E-state index is 15.2. The molecule has 3 aromatic rings. The van der Waals surface area contributed by atoms with Gasteiger partial charge in [-0.3, -0.25) is 28.4 Å². The molecule has 10 saturated carbocycles. The molecule has 0 aromatic carbocycles. The summed E-state index contributed by atoms with van der Waals surface area (Å²) in [6, 6.07) is 5.65. The number of nitrogens with zero attached hydrogens (tertiary/aromatic N) is 6. The lowest BCUT2D eigenvalue weighted by Crippen LogP contribution is -2.53. The van der Waals surface area contributed by atoms with Crippen LogP contribution in [-0.2, 0) is 34.0 Å². The Morgan fingerprint density at radius 2 is 1.00 bits per heavy atom. The van der Waals surface area contributed by atoms with E-state index >= 15 is 4.39 Å². The number of aromatic nitrogens is 6. The number of Topliss-reactive ketones (excluding diaryl/α,β-unsaturated/α-hetero) is 3. The summed E-state index contributed by atoms with van der Waals surface area (Å²) in [5, 5.41) is 44.8. The van der Waals surface area contributed by atoms with Crippen molar-refractivity contribution in [3.63, 3.8) is 0 Å². The third-order valence-electron chi connectivity index (χ3n) is 28.8. The molecule has 0 bridgehead atoms. The molecule has 3 N–H and O–H groups in total. The van der Waals surface area contributed by atoms with Gasteiger partial charge in [0.15, 0.2) is 17.3 Å². The first kappa shape index (κ1) is 61.8. The van der Waals surface area contributed by atoms with E-state index in [1.807, 2.05) is 50.6 Å². The second-order valence-electron chi connectivity index (χ2n) is 33.3. The lowest BCUT2D eigenvalue weighted by atomic mass is 9.48. The number of fused-ring (bicyclic) bond motifs is 15. The summed E-state index contributed by atoms with van der Waals surface area (Å²) in [6.07, 6.45) is 37.6. The zero-order valence-electron chi connectivity index (χ0n) is 54.2. The highest BCUT2D eigenvalue weighted by atomic mass is 19.1. The summed E-state index contributed by atoms with van der Waals surface area (Å²) in [4.78, 5) is 39.5. The monoisotopic (exact) mass is 1190 g/mol. The standard InChI is InChI=1S/C25H38N2O2.C25H36N2O2.C24H33FN2O2/c2*1-16-13-20-17(14-25(16,3)29)5-6-19-18(20)9-10-24(2)21(19)7-8-22(24)23(28)15-27-12-4-11-26-27;1-23(29)8-6-16-15-7-9-24(2)19(17(15)12-21(25)18(16)13-23)4-5-20(24)22(28)14-27-11-3-10-26-27/h4,11-12,16-22,29H,5-10,13-15H2,1-3H3;4-5,11-12,16,18-22,29H,6-10,13-15H2,1-3H3;3,10-11,15-17,19-20,29H,4-9,12-14H2,1-2H3/t16-,17+,18-,19+,20-,21-,22+,24-,25-;16-,18-,19+,20-,21-,22+,24-,25-;15-,16-,17-,19+,20-,23-,24+/m001/s1. The van der Waals surface area contributed by atoms with Crippen LogP contribution in [0.1, 0.15) is 203 Å². The van der Waals surface area contributed by atoms with Gasteiger partial charge in [-0.2, -0.15) is 15.3 Å². The van der Waals surface area contributed by atoms with Gasteiger partial charge < -0.3 is 15.3 Å². The van der Waals surface area contributed by atoms with Gasteiger partial charge >= 0.3 is 0 Å². The predicted octanol–water partition coefficient (Wildman–Crippen LogP) is 14.0. The van der Waals surface area contributed by atoms with E-state index in [9.17, 15) is 29.7 Å². The maximum Gasteiger partial charge on any atom is 0.157 e. The van der Waals surface area contributed by atoms with E-state index in [0.717, 1.165) is 112 Å². The molecule has 0 unspecified atom stereocenters. The third kappa shape index (κ3) is 11.1. The molecule has 0 saturated heterocycles. The SMILES string of the molecule is C[C@@]1(O)CC[C@H]2C(=C(F)C[C@@H]3[C@@H]2CC[C@]2(C)[C@@H](C(=O)Cn4cccn4)CC[C@@H]32)C1.C[C@H]1C[C@H]2C(=CC[C@@H]3[C@@H]2CC[C@]2(C)[C@@H](C(=O)Cn4cccn4)CC[C@@H]32)C[C@]1(C)O.C[C@H]1C[C@H]2[C@H](CC[C@@H]3[C@@H]2CC[C@]2(C)[C@@H](C(=O)Cn4cccn4)CC[C@@H]32)C[C@]1(C)O. The van der Waals surface area contributed by atoms with Gasteiger partial charge in [-0.25, -0.2) is 4.39 Å². The molecule has 12 aliphatic rings. The van der Waals surface area contributed by atoms with Crippen LogP contribution in [0, 0.1) is 123 Å².